The molecule has 0 saturated carbocycles. The van der Waals surface area contributed by atoms with Crippen molar-refractivity contribution in [2.24, 2.45) is 5.92 Å². The number of rotatable bonds is 7. The number of benzene rings is 2. The van der Waals surface area contributed by atoms with E-state index in [0.717, 1.165) is 63.6 Å². The molecule has 1 fully saturated rings. The van der Waals surface area contributed by atoms with Gasteiger partial charge in [0.15, 0.2) is 0 Å². The van der Waals surface area contributed by atoms with Crippen molar-refractivity contribution in [3.05, 3.63) is 66.2 Å². The Kier molecular flexibility index (Phi) is 22.0. The van der Waals surface area contributed by atoms with Gasteiger partial charge in [-0.15, -0.1) is 6.58 Å². The van der Waals surface area contributed by atoms with E-state index in [1.165, 1.54) is 16.8 Å². The number of amides is 1. The standard InChI is InChI=1S/C26H35N3O3.C3H6.C2H6O.2C2H6/c1-19(2)26(30)27-21-4-9-24-20(18-21)11-17-32-25(24)10-12-28-13-15-29(16-14-28)22-5-7-23(31-3)8-6-22;2*1-3-2;2*1-2/h4-9,18-19,25H,10-17H2,1-3H3,(H,27,30);3H,1H2,2H3;1-2H3;2*1-2H3. The van der Waals surface area contributed by atoms with Crippen molar-refractivity contribution < 1.29 is 19.0 Å². The van der Waals surface area contributed by atoms with E-state index in [1.54, 1.807) is 27.4 Å². The smallest absolute Gasteiger partial charge is 0.226 e. The second-order valence-corrected chi connectivity index (χ2v) is 9.80. The first kappa shape index (κ1) is 39.1. The van der Waals surface area contributed by atoms with Gasteiger partial charge in [-0.05, 0) is 67.3 Å². The number of ether oxygens (including phenoxy) is 3. The summed E-state index contributed by atoms with van der Waals surface area (Å²) in [5, 5.41) is 3.01. The minimum absolute atomic E-state index is 0.0210. The van der Waals surface area contributed by atoms with E-state index < -0.39 is 0 Å². The van der Waals surface area contributed by atoms with E-state index in [0.29, 0.717) is 0 Å². The lowest BCUT2D eigenvalue weighted by Crippen LogP contribution is -2.46. The van der Waals surface area contributed by atoms with E-state index in [-0.39, 0.29) is 17.9 Å². The summed E-state index contributed by atoms with van der Waals surface area (Å²) in [5.74, 6) is 0.934. The number of hydrogen-bond donors (Lipinski definition) is 1. The number of piperazine rings is 1. The van der Waals surface area contributed by atoms with Crippen LogP contribution in [0.1, 0.15) is 72.1 Å². The lowest BCUT2D eigenvalue weighted by molar-refractivity contribution is -0.118. The fraction of sp³-hybridized carbons (Fsp3) is 0.571. The highest BCUT2D eigenvalue weighted by Crippen LogP contribution is 2.32. The first-order valence-corrected chi connectivity index (χ1v) is 15.5. The summed E-state index contributed by atoms with van der Waals surface area (Å²) in [6.07, 6.45) is 3.78. The van der Waals surface area contributed by atoms with Gasteiger partial charge < -0.3 is 24.4 Å². The molecule has 2 aliphatic heterocycles. The van der Waals surface area contributed by atoms with Gasteiger partial charge in [0.2, 0.25) is 5.91 Å². The molecule has 42 heavy (non-hydrogen) atoms. The van der Waals surface area contributed by atoms with Gasteiger partial charge in [0, 0.05) is 64.2 Å². The summed E-state index contributed by atoms with van der Waals surface area (Å²) in [4.78, 5) is 17.0. The van der Waals surface area contributed by atoms with Crippen molar-refractivity contribution >= 4 is 17.3 Å². The fourth-order valence-corrected chi connectivity index (χ4v) is 4.46. The predicted molar refractivity (Wildman–Crippen MR) is 180 cm³/mol. The number of nitrogens with zero attached hydrogens (tertiary/aromatic N) is 2. The maximum Gasteiger partial charge on any atom is 0.226 e. The maximum atomic E-state index is 12.0. The fourth-order valence-electron chi connectivity index (χ4n) is 4.46. The Morgan fingerprint density at radius 3 is 2.12 bits per heavy atom. The van der Waals surface area contributed by atoms with Crippen LogP contribution in [0.15, 0.2) is 55.1 Å². The van der Waals surface area contributed by atoms with Crippen LogP contribution in [0.3, 0.4) is 0 Å². The lowest BCUT2D eigenvalue weighted by Gasteiger charge is -2.37. The third-order valence-corrected chi connectivity index (χ3v) is 6.49. The van der Waals surface area contributed by atoms with Gasteiger partial charge in [-0.3, -0.25) is 9.69 Å². The van der Waals surface area contributed by atoms with Crippen LogP contribution >= 0.6 is 0 Å². The summed E-state index contributed by atoms with van der Waals surface area (Å²) < 4.78 is 15.6. The van der Waals surface area contributed by atoms with Crippen molar-refractivity contribution in [2.45, 2.75) is 67.4 Å². The number of allylic oxidation sites excluding steroid dienone is 1. The van der Waals surface area contributed by atoms with Crippen LogP contribution < -0.4 is 15.0 Å². The Labute approximate surface area is 257 Å². The second-order valence-electron chi connectivity index (χ2n) is 9.80. The van der Waals surface area contributed by atoms with Gasteiger partial charge in [-0.2, -0.15) is 0 Å². The minimum Gasteiger partial charge on any atom is -0.497 e. The van der Waals surface area contributed by atoms with Crippen molar-refractivity contribution in [1.82, 2.24) is 4.90 Å². The highest BCUT2D eigenvalue weighted by molar-refractivity contribution is 5.92. The molecule has 1 unspecified atom stereocenters. The topological polar surface area (TPSA) is 63.3 Å². The van der Waals surface area contributed by atoms with Crippen molar-refractivity contribution in [1.29, 1.82) is 0 Å². The molecule has 2 heterocycles. The monoisotopic (exact) mass is 585 g/mol. The highest BCUT2D eigenvalue weighted by Gasteiger charge is 2.24. The molecule has 0 aromatic heterocycles. The number of nitrogens with one attached hydrogen (secondary N) is 1. The largest absolute Gasteiger partial charge is 0.497 e. The Morgan fingerprint density at radius 2 is 1.60 bits per heavy atom. The van der Waals surface area contributed by atoms with E-state index in [2.05, 4.69) is 50.7 Å². The predicted octanol–water partition coefficient (Wildman–Crippen LogP) is 7.62. The van der Waals surface area contributed by atoms with Crippen LogP contribution in [0.4, 0.5) is 11.4 Å². The summed E-state index contributed by atoms with van der Waals surface area (Å²) in [5.41, 5.74) is 4.72. The van der Waals surface area contributed by atoms with Crippen LogP contribution in [0.2, 0.25) is 0 Å². The zero-order valence-electron chi connectivity index (χ0n) is 28.2. The molecule has 2 aromatic rings. The van der Waals surface area contributed by atoms with Crippen LogP contribution in [0, 0.1) is 5.92 Å². The second kappa shape index (κ2) is 23.7. The van der Waals surface area contributed by atoms with Crippen LogP contribution in [0.25, 0.3) is 0 Å². The van der Waals surface area contributed by atoms with E-state index >= 15 is 0 Å². The summed E-state index contributed by atoms with van der Waals surface area (Å²) in [6, 6.07) is 14.6. The molecular weight excluding hydrogens is 526 g/mol. The Hall–Kier alpha value is -2.87. The highest BCUT2D eigenvalue weighted by atomic mass is 16.5. The third kappa shape index (κ3) is 13.9. The Morgan fingerprint density at radius 1 is 1.02 bits per heavy atom. The molecule has 0 aliphatic carbocycles. The minimum atomic E-state index is -0.0210. The summed E-state index contributed by atoms with van der Waals surface area (Å²) >= 11 is 0. The zero-order valence-corrected chi connectivity index (χ0v) is 28.2. The molecule has 0 spiro atoms. The summed E-state index contributed by atoms with van der Waals surface area (Å²) in [7, 11) is 4.95. The molecule has 1 saturated heterocycles. The van der Waals surface area contributed by atoms with Gasteiger partial charge in [-0.1, -0.05) is 53.7 Å². The maximum absolute atomic E-state index is 12.0. The van der Waals surface area contributed by atoms with E-state index in [9.17, 15) is 4.79 Å². The van der Waals surface area contributed by atoms with Crippen LogP contribution in [-0.4, -0.2) is 71.5 Å². The SMILES string of the molecule is C=CC.CC.CC.COC.COc1ccc(N2CCN(CCC3OCCc4cc(NC(=O)C(C)C)ccc43)CC2)cc1. The molecule has 1 amide bonds. The third-order valence-electron chi connectivity index (χ3n) is 6.49. The molecule has 1 atom stereocenters. The molecule has 2 aromatic carbocycles. The first-order valence-electron chi connectivity index (χ1n) is 15.5. The average Bonchev–Trinajstić information content (AvgIpc) is 3.03. The number of hydrogen-bond acceptors (Lipinski definition) is 6. The number of carbonyl (C=O) groups excluding carboxylic acids is 1. The van der Waals surface area contributed by atoms with Crippen molar-refractivity contribution in [2.75, 3.05) is 70.9 Å². The van der Waals surface area contributed by atoms with Gasteiger partial charge >= 0.3 is 0 Å². The van der Waals surface area contributed by atoms with Crippen LogP contribution in [0.5, 0.6) is 5.75 Å². The van der Waals surface area contributed by atoms with Gasteiger partial charge in [0.25, 0.3) is 0 Å². The molecule has 1 N–H and O–H groups in total. The number of anilines is 2. The number of carbonyl (C=O) groups is 1. The Bertz CT molecular complexity index is 971. The quantitative estimate of drug-likeness (QED) is 0.337. The normalized spacial score (nSPS) is 15.5. The lowest BCUT2D eigenvalue weighted by atomic mass is 9.95. The van der Waals surface area contributed by atoms with E-state index in [1.807, 2.05) is 66.7 Å². The summed E-state index contributed by atoms with van der Waals surface area (Å²) in [6.45, 7) is 23.0. The van der Waals surface area contributed by atoms with Gasteiger partial charge in [0.1, 0.15) is 5.75 Å². The van der Waals surface area contributed by atoms with Crippen molar-refractivity contribution in [3.63, 3.8) is 0 Å². The Balaban J connectivity index is 0.00000150. The molecule has 0 radical (unpaired) electrons. The first-order chi connectivity index (χ1) is 20.4. The molecule has 0 bridgehead atoms. The molecule has 4 rings (SSSR count). The molecule has 7 nitrogen and oxygen atoms in total. The average molecular weight is 586 g/mol. The van der Waals surface area contributed by atoms with Gasteiger partial charge in [-0.25, -0.2) is 0 Å². The van der Waals surface area contributed by atoms with Crippen LogP contribution in [-0.2, 0) is 20.7 Å². The molecule has 238 valence electrons. The molecular formula is C35H59N3O4. The van der Waals surface area contributed by atoms with Gasteiger partial charge in [0.05, 0.1) is 19.8 Å². The molecule has 2 aliphatic rings. The zero-order chi connectivity index (χ0) is 31.9. The van der Waals surface area contributed by atoms with Crippen molar-refractivity contribution in [3.8, 4) is 5.75 Å². The molecule has 7 heteroatoms. The number of methoxy groups -OCH3 is 2. The number of fused-ring (bicyclic) bond motifs is 1. The van der Waals surface area contributed by atoms with E-state index in [4.69, 9.17) is 9.47 Å².